The fraction of sp³-hybridized carbons (Fsp3) is 0.833. The van der Waals surface area contributed by atoms with E-state index < -0.39 is 8.25 Å². The summed E-state index contributed by atoms with van der Waals surface area (Å²) in [5.41, 5.74) is 0. The normalized spacial score (nSPS) is 8.82. The topological polar surface area (TPSA) is 81.3 Å². The summed E-state index contributed by atoms with van der Waals surface area (Å²) in [6, 6.07) is 2.20. The predicted octanol–water partition coefficient (Wildman–Crippen LogP) is 1.31. The molecule has 0 saturated heterocycles. The van der Waals surface area contributed by atoms with Gasteiger partial charge in [-0.25, -0.2) is 0 Å². The van der Waals surface area contributed by atoms with E-state index in [2.05, 4.69) is 6.07 Å². The molecular formula is C6H14NO3P. The van der Waals surface area contributed by atoms with Crippen molar-refractivity contribution in [1.82, 2.24) is 0 Å². The molecule has 0 aliphatic rings. The Morgan fingerprint density at radius 3 is 1.73 bits per heavy atom. The molecule has 0 bridgehead atoms. The number of rotatable bonds is 2. The van der Waals surface area contributed by atoms with Gasteiger partial charge in [0.2, 0.25) is 0 Å². The Labute approximate surface area is 67.4 Å². The number of nitriles is 1. The molecule has 0 heterocycles. The van der Waals surface area contributed by atoms with Gasteiger partial charge in [0.25, 0.3) is 0 Å². The Morgan fingerprint density at radius 2 is 1.73 bits per heavy atom. The maximum Gasteiger partial charge on any atom is 0.314 e. The predicted molar refractivity (Wildman–Crippen MR) is 43.1 cm³/mol. The Kier molecular flexibility index (Phi) is 11.6. The zero-order valence-electron chi connectivity index (χ0n) is 6.74. The average molecular weight is 179 g/mol. The van der Waals surface area contributed by atoms with Gasteiger partial charge >= 0.3 is 8.25 Å². The van der Waals surface area contributed by atoms with Crippen LogP contribution in [0, 0.1) is 17.2 Å². The molecule has 4 nitrogen and oxygen atoms in total. The zero-order valence-corrected chi connectivity index (χ0v) is 7.74. The van der Waals surface area contributed by atoms with Crippen molar-refractivity contribution in [3.63, 3.8) is 0 Å². The molecule has 0 amide bonds. The van der Waals surface area contributed by atoms with E-state index in [1.54, 1.807) is 0 Å². The third kappa shape index (κ3) is 17.7. The highest BCUT2D eigenvalue weighted by Gasteiger charge is 1.96. The Morgan fingerprint density at radius 1 is 1.45 bits per heavy atom. The van der Waals surface area contributed by atoms with Gasteiger partial charge in [-0.3, -0.25) is 4.57 Å². The lowest BCUT2D eigenvalue weighted by molar-refractivity contribution is 0.405. The highest BCUT2D eigenvalue weighted by atomic mass is 31.1. The lowest BCUT2D eigenvalue weighted by Gasteiger charge is -1.95. The van der Waals surface area contributed by atoms with Crippen molar-refractivity contribution in [1.29, 1.82) is 5.26 Å². The molecule has 66 valence electrons. The minimum Gasteiger partial charge on any atom is -0.326 e. The summed E-state index contributed by atoms with van der Waals surface area (Å²) in [6.07, 6.45) is 1.99. The van der Waals surface area contributed by atoms with Crippen molar-refractivity contribution in [2.24, 2.45) is 5.92 Å². The molecule has 0 radical (unpaired) electrons. The zero-order chi connectivity index (χ0) is 9.28. The lowest BCUT2D eigenvalue weighted by atomic mass is 10.1. The molecular weight excluding hydrogens is 165 g/mol. The van der Waals surface area contributed by atoms with Gasteiger partial charge in [-0.15, -0.1) is 0 Å². The molecule has 2 N–H and O–H groups in total. The van der Waals surface area contributed by atoms with Gasteiger partial charge in [-0.1, -0.05) is 13.8 Å². The van der Waals surface area contributed by atoms with Crippen LogP contribution in [0.15, 0.2) is 0 Å². The van der Waals surface area contributed by atoms with Gasteiger partial charge in [-0.2, -0.15) is 5.26 Å². The summed E-state index contributed by atoms with van der Waals surface area (Å²) >= 11 is 0. The van der Waals surface area contributed by atoms with Crippen LogP contribution in [0.1, 0.15) is 26.7 Å². The fourth-order valence-corrected chi connectivity index (χ4v) is 0.471. The van der Waals surface area contributed by atoms with Gasteiger partial charge < -0.3 is 9.79 Å². The Balaban J connectivity index is 0. The second-order valence-electron chi connectivity index (χ2n) is 1.93. The first-order chi connectivity index (χ1) is 5.08. The molecule has 0 atom stereocenters. The van der Waals surface area contributed by atoms with Crippen molar-refractivity contribution in [2.75, 3.05) is 0 Å². The van der Waals surface area contributed by atoms with E-state index in [1.807, 2.05) is 13.8 Å². The lowest BCUT2D eigenvalue weighted by Crippen LogP contribution is -1.88. The Hall–Kier alpha value is -0.360. The first kappa shape index (κ1) is 13.2. The van der Waals surface area contributed by atoms with Gasteiger partial charge in [0.15, 0.2) is 0 Å². The highest BCUT2D eigenvalue weighted by molar-refractivity contribution is 7.30. The molecule has 0 saturated carbocycles. The van der Waals surface area contributed by atoms with E-state index in [0.29, 0.717) is 5.92 Å². The first-order valence-electron chi connectivity index (χ1n) is 3.39. The van der Waals surface area contributed by atoms with E-state index in [-0.39, 0.29) is 0 Å². The molecule has 0 spiro atoms. The largest absolute Gasteiger partial charge is 0.326 e. The van der Waals surface area contributed by atoms with E-state index in [0.717, 1.165) is 12.8 Å². The van der Waals surface area contributed by atoms with E-state index in [1.165, 1.54) is 0 Å². The minimum atomic E-state index is -3.13. The smallest absolute Gasteiger partial charge is 0.314 e. The maximum absolute atomic E-state index is 8.74. The van der Waals surface area contributed by atoms with Crippen LogP contribution in [0.2, 0.25) is 0 Å². The molecule has 0 aliphatic heterocycles. The number of hydrogen-bond donors (Lipinski definition) is 2. The summed E-state index contributed by atoms with van der Waals surface area (Å²) in [5.74, 6) is 0.292. The van der Waals surface area contributed by atoms with Gasteiger partial charge in [0, 0.05) is 5.92 Å². The van der Waals surface area contributed by atoms with E-state index >= 15 is 0 Å². The summed E-state index contributed by atoms with van der Waals surface area (Å²) in [5, 5.41) is 8.28. The minimum absolute atomic E-state index is 0.292. The summed E-state index contributed by atoms with van der Waals surface area (Å²) < 4.78 is 8.74. The molecule has 0 aromatic rings. The molecule has 0 aromatic carbocycles. The molecule has 0 unspecified atom stereocenters. The SMILES string of the molecule is CCC(C#N)CC.O=[PH](O)O. The van der Waals surface area contributed by atoms with Crippen molar-refractivity contribution in [3.05, 3.63) is 0 Å². The van der Waals surface area contributed by atoms with E-state index in [9.17, 15) is 0 Å². The van der Waals surface area contributed by atoms with Crippen LogP contribution in [0.5, 0.6) is 0 Å². The van der Waals surface area contributed by atoms with Crippen LogP contribution < -0.4 is 0 Å². The fourth-order valence-electron chi connectivity index (χ4n) is 0.471. The van der Waals surface area contributed by atoms with Crippen molar-refractivity contribution in [2.45, 2.75) is 26.7 Å². The highest BCUT2D eigenvalue weighted by Crippen LogP contribution is 2.03. The maximum atomic E-state index is 8.74. The Bertz CT molecular complexity index is 135. The number of nitrogens with zero attached hydrogens (tertiary/aromatic N) is 1. The third-order valence-electron chi connectivity index (χ3n) is 1.17. The van der Waals surface area contributed by atoms with Crippen LogP contribution in [-0.4, -0.2) is 9.79 Å². The monoisotopic (exact) mass is 179 g/mol. The quantitative estimate of drug-likeness (QED) is 0.626. The van der Waals surface area contributed by atoms with Crippen LogP contribution in [0.4, 0.5) is 0 Å². The van der Waals surface area contributed by atoms with Crippen LogP contribution in [-0.2, 0) is 4.57 Å². The van der Waals surface area contributed by atoms with Gasteiger partial charge in [0.1, 0.15) is 0 Å². The molecule has 0 rings (SSSR count). The standard InChI is InChI=1S/C6H11N.H3O3P/c1-3-6(4-2)5-7;1-4(2)3/h6H,3-4H2,1-2H3;4H,(H2,1,2,3). The van der Waals surface area contributed by atoms with Gasteiger partial charge in [0.05, 0.1) is 6.07 Å². The molecule has 0 aliphatic carbocycles. The number of hydrogen-bond acceptors (Lipinski definition) is 2. The second-order valence-corrected chi connectivity index (χ2v) is 2.49. The summed E-state index contributed by atoms with van der Waals surface area (Å²) in [6.45, 7) is 4.08. The van der Waals surface area contributed by atoms with Crippen LogP contribution in [0.25, 0.3) is 0 Å². The summed E-state index contributed by atoms with van der Waals surface area (Å²) in [4.78, 5) is 14.3. The van der Waals surface area contributed by atoms with Crippen molar-refractivity contribution in [3.8, 4) is 6.07 Å². The third-order valence-corrected chi connectivity index (χ3v) is 1.17. The molecule has 11 heavy (non-hydrogen) atoms. The molecule has 5 heteroatoms. The summed E-state index contributed by atoms with van der Waals surface area (Å²) in [7, 11) is -3.13. The second kappa shape index (κ2) is 9.64. The van der Waals surface area contributed by atoms with Crippen molar-refractivity contribution >= 4 is 8.25 Å². The average Bonchev–Trinajstić information content (AvgIpc) is 1.90. The van der Waals surface area contributed by atoms with Gasteiger partial charge in [-0.05, 0) is 12.8 Å². The molecule has 0 fully saturated rings. The van der Waals surface area contributed by atoms with Crippen LogP contribution >= 0.6 is 8.25 Å². The van der Waals surface area contributed by atoms with E-state index in [4.69, 9.17) is 19.6 Å². The van der Waals surface area contributed by atoms with Crippen molar-refractivity contribution < 1.29 is 14.4 Å². The van der Waals surface area contributed by atoms with Crippen LogP contribution in [0.3, 0.4) is 0 Å². The molecule has 0 aromatic heterocycles. The first-order valence-corrected chi connectivity index (χ1v) is 4.70.